The first-order chi connectivity index (χ1) is 12.2. The fourth-order valence-electron chi connectivity index (χ4n) is 3.11. The van der Waals surface area contributed by atoms with E-state index in [1.165, 1.54) is 0 Å². The normalized spacial score (nSPS) is 14.2. The summed E-state index contributed by atoms with van der Waals surface area (Å²) in [5.41, 5.74) is 1.40. The lowest BCUT2D eigenvalue weighted by molar-refractivity contribution is 0.354. The van der Waals surface area contributed by atoms with Crippen LogP contribution in [0.3, 0.4) is 0 Å². The van der Waals surface area contributed by atoms with Gasteiger partial charge in [-0.3, -0.25) is 9.78 Å². The summed E-state index contributed by atoms with van der Waals surface area (Å²) in [7, 11) is 3.15. The monoisotopic (exact) mass is 338 g/mol. The molecule has 0 saturated heterocycles. The molecule has 128 valence electrons. The third kappa shape index (κ3) is 2.57. The number of methoxy groups -OCH3 is 2. The molecule has 2 heterocycles. The van der Waals surface area contributed by atoms with E-state index in [-0.39, 0.29) is 5.56 Å². The summed E-state index contributed by atoms with van der Waals surface area (Å²) in [6.45, 7) is 0. The largest absolute Gasteiger partial charge is 0.493 e. The van der Waals surface area contributed by atoms with Gasteiger partial charge in [-0.2, -0.15) is 9.61 Å². The highest BCUT2D eigenvalue weighted by molar-refractivity contribution is 5.62. The van der Waals surface area contributed by atoms with Crippen LogP contribution in [0.2, 0.25) is 0 Å². The lowest BCUT2D eigenvalue weighted by Gasteiger charge is -2.09. The maximum absolute atomic E-state index is 12.4. The Balaban J connectivity index is 2.00. The molecule has 7 heteroatoms. The van der Waals surface area contributed by atoms with Crippen molar-refractivity contribution < 1.29 is 9.47 Å². The van der Waals surface area contributed by atoms with E-state index in [0.29, 0.717) is 22.6 Å². The number of aromatic nitrogens is 4. The quantitative estimate of drug-likeness (QED) is 0.747. The molecule has 0 aliphatic heterocycles. The second-order valence-corrected chi connectivity index (χ2v) is 5.84. The molecule has 2 aromatic heterocycles. The number of rotatable bonds is 3. The van der Waals surface area contributed by atoms with Crippen molar-refractivity contribution in [3.8, 4) is 11.5 Å². The average molecular weight is 338 g/mol. The molecule has 1 aliphatic rings. The SMILES string of the molecule is COc1cccc(/C=c2\c(=O)[nH]c3nc4c(nn23)CCCC=4)c1OC. The average Bonchev–Trinajstić information content (AvgIpc) is 2.94. The van der Waals surface area contributed by atoms with Gasteiger partial charge < -0.3 is 9.47 Å². The van der Waals surface area contributed by atoms with Gasteiger partial charge >= 0.3 is 0 Å². The molecule has 3 aromatic rings. The van der Waals surface area contributed by atoms with E-state index >= 15 is 0 Å². The number of ether oxygens (including phenoxy) is 2. The lowest BCUT2D eigenvalue weighted by atomic mass is 10.1. The Kier molecular flexibility index (Phi) is 3.76. The van der Waals surface area contributed by atoms with Crippen LogP contribution in [-0.2, 0) is 6.42 Å². The molecule has 4 rings (SSSR count). The van der Waals surface area contributed by atoms with Crippen LogP contribution in [0.1, 0.15) is 24.1 Å². The summed E-state index contributed by atoms with van der Waals surface area (Å²) in [6.07, 6.45) is 6.70. The van der Waals surface area contributed by atoms with Crippen molar-refractivity contribution in [1.29, 1.82) is 0 Å². The van der Waals surface area contributed by atoms with Crippen molar-refractivity contribution in [2.45, 2.75) is 19.3 Å². The molecule has 0 spiro atoms. The van der Waals surface area contributed by atoms with Gasteiger partial charge in [-0.25, -0.2) is 4.98 Å². The molecule has 0 bridgehead atoms. The Morgan fingerprint density at radius 2 is 2.16 bits per heavy atom. The van der Waals surface area contributed by atoms with Gasteiger partial charge in [0.15, 0.2) is 11.5 Å². The Bertz CT molecular complexity index is 1130. The summed E-state index contributed by atoms with van der Waals surface area (Å²) < 4.78 is 12.3. The number of para-hydroxylation sites is 1. The fourth-order valence-corrected chi connectivity index (χ4v) is 3.11. The first kappa shape index (κ1) is 15.4. The Labute approximate surface area is 143 Å². The van der Waals surface area contributed by atoms with E-state index in [4.69, 9.17) is 9.47 Å². The molecule has 0 amide bonds. The minimum atomic E-state index is -0.243. The van der Waals surface area contributed by atoms with E-state index in [1.54, 1.807) is 24.8 Å². The number of imidazole rings is 1. The number of hydrogen-bond acceptors (Lipinski definition) is 5. The molecule has 1 N–H and O–H groups in total. The zero-order chi connectivity index (χ0) is 17.4. The minimum Gasteiger partial charge on any atom is -0.493 e. The van der Waals surface area contributed by atoms with Crippen LogP contribution in [0.15, 0.2) is 23.0 Å². The molecule has 7 nitrogen and oxygen atoms in total. The Hall–Kier alpha value is -3.09. The van der Waals surface area contributed by atoms with E-state index in [0.717, 1.165) is 35.9 Å². The second kappa shape index (κ2) is 6.08. The Morgan fingerprint density at radius 1 is 1.28 bits per heavy atom. The molecular formula is C18H18N4O3. The predicted octanol–water partition coefficient (Wildman–Crippen LogP) is 0.380. The molecule has 1 aliphatic carbocycles. The van der Waals surface area contributed by atoms with E-state index in [2.05, 4.69) is 21.1 Å². The van der Waals surface area contributed by atoms with Crippen LogP contribution in [0.25, 0.3) is 17.9 Å². The first-order valence-electron chi connectivity index (χ1n) is 8.12. The lowest BCUT2D eigenvalue weighted by Crippen LogP contribution is -2.30. The van der Waals surface area contributed by atoms with Gasteiger partial charge in [0.05, 0.1) is 25.3 Å². The number of fused-ring (bicyclic) bond motifs is 2. The molecule has 25 heavy (non-hydrogen) atoms. The molecule has 0 saturated carbocycles. The highest BCUT2D eigenvalue weighted by Crippen LogP contribution is 2.30. The van der Waals surface area contributed by atoms with E-state index < -0.39 is 0 Å². The first-order valence-corrected chi connectivity index (χ1v) is 8.12. The van der Waals surface area contributed by atoms with Gasteiger partial charge in [0.1, 0.15) is 5.35 Å². The van der Waals surface area contributed by atoms with Crippen LogP contribution in [0.5, 0.6) is 11.5 Å². The number of benzene rings is 1. The number of H-pyrrole nitrogens is 1. The van der Waals surface area contributed by atoms with Gasteiger partial charge in [0, 0.05) is 5.56 Å². The highest BCUT2D eigenvalue weighted by Gasteiger charge is 2.12. The van der Waals surface area contributed by atoms with Gasteiger partial charge in [0.25, 0.3) is 5.56 Å². The van der Waals surface area contributed by atoms with Crippen LogP contribution in [0, 0.1) is 0 Å². The fraction of sp³-hybridized carbons (Fsp3) is 0.278. The molecule has 0 radical (unpaired) electrons. The predicted molar refractivity (Wildman–Crippen MR) is 93.4 cm³/mol. The Morgan fingerprint density at radius 3 is 2.96 bits per heavy atom. The second-order valence-electron chi connectivity index (χ2n) is 5.84. The number of nitrogens with one attached hydrogen (secondary N) is 1. The van der Waals surface area contributed by atoms with E-state index in [9.17, 15) is 4.79 Å². The molecule has 0 atom stereocenters. The minimum absolute atomic E-state index is 0.243. The van der Waals surface area contributed by atoms with E-state index in [1.807, 2.05) is 18.2 Å². The smallest absolute Gasteiger partial charge is 0.276 e. The number of nitrogens with zero attached hydrogens (tertiary/aromatic N) is 3. The number of aromatic amines is 1. The standard InChI is InChI=1S/C18H18N4O3/c1-24-15-9-5-6-11(16(15)25-2)10-14-17(23)20-18-19-12-7-3-4-8-13(12)21-22(14)18/h5-7,9-10H,3-4,8H2,1-2H3,(H,19,20,23)/b14-10+. The summed E-state index contributed by atoms with van der Waals surface area (Å²) in [5, 5.41) is 5.88. The van der Waals surface area contributed by atoms with Gasteiger partial charge in [-0.05, 0) is 31.4 Å². The van der Waals surface area contributed by atoms with Crippen LogP contribution in [-0.4, -0.2) is 33.8 Å². The zero-order valence-electron chi connectivity index (χ0n) is 14.1. The maximum Gasteiger partial charge on any atom is 0.276 e. The summed E-state index contributed by atoms with van der Waals surface area (Å²) in [4.78, 5) is 19.7. The number of aryl methyl sites for hydroxylation is 1. The van der Waals surface area contributed by atoms with Crippen LogP contribution >= 0.6 is 0 Å². The van der Waals surface area contributed by atoms with Crippen molar-refractivity contribution in [2.24, 2.45) is 0 Å². The zero-order valence-corrected chi connectivity index (χ0v) is 14.1. The van der Waals surface area contributed by atoms with Crippen molar-refractivity contribution in [3.63, 3.8) is 0 Å². The van der Waals surface area contributed by atoms with Gasteiger partial charge in [0.2, 0.25) is 5.78 Å². The van der Waals surface area contributed by atoms with Crippen molar-refractivity contribution in [1.82, 2.24) is 19.6 Å². The van der Waals surface area contributed by atoms with Crippen molar-refractivity contribution in [2.75, 3.05) is 14.2 Å². The third-order valence-electron chi connectivity index (χ3n) is 4.31. The molecule has 1 aromatic carbocycles. The topological polar surface area (TPSA) is 81.5 Å². The third-order valence-corrected chi connectivity index (χ3v) is 4.31. The molecule has 0 fully saturated rings. The van der Waals surface area contributed by atoms with Gasteiger partial charge in [-0.1, -0.05) is 18.2 Å². The molecular weight excluding hydrogens is 320 g/mol. The van der Waals surface area contributed by atoms with Crippen molar-refractivity contribution in [3.05, 3.63) is 50.5 Å². The van der Waals surface area contributed by atoms with Gasteiger partial charge in [-0.15, -0.1) is 0 Å². The number of hydrogen-bond donors (Lipinski definition) is 1. The van der Waals surface area contributed by atoms with Crippen molar-refractivity contribution >= 4 is 17.9 Å². The summed E-state index contributed by atoms with van der Waals surface area (Å²) >= 11 is 0. The summed E-state index contributed by atoms with van der Waals surface area (Å²) in [6, 6.07) is 5.52. The summed E-state index contributed by atoms with van der Waals surface area (Å²) in [5.74, 6) is 1.61. The highest BCUT2D eigenvalue weighted by atomic mass is 16.5. The maximum atomic E-state index is 12.4. The van der Waals surface area contributed by atoms with Crippen LogP contribution in [0.4, 0.5) is 0 Å². The molecule has 0 unspecified atom stereocenters. The van der Waals surface area contributed by atoms with Crippen LogP contribution < -0.4 is 25.7 Å².